The van der Waals surface area contributed by atoms with Gasteiger partial charge < -0.3 is 0 Å². The van der Waals surface area contributed by atoms with Crippen molar-refractivity contribution in [3.63, 3.8) is 0 Å². The van der Waals surface area contributed by atoms with Gasteiger partial charge in [-0.15, -0.1) is 10.2 Å². The van der Waals surface area contributed by atoms with Crippen molar-refractivity contribution < 1.29 is 9.31 Å². The van der Waals surface area contributed by atoms with Crippen LogP contribution >= 0.6 is 0 Å². The number of hydrogen-bond acceptors (Lipinski definition) is 4. The summed E-state index contributed by atoms with van der Waals surface area (Å²) in [5, 5.41) is 17.3. The van der Waals surface area contributed by atoms with Crippen LogP contribution in [0.15, 0.2) is 18.6 Å². The molecule has 0 saturated carbocycles. The molecule has 2 aromatic heterocycles. The molecule has 13 heavy (non-hydrogen) atoms. The molecule has 0 radical (unpaired) electrons. The highest BCUT2D eigenvalue weighted by molar-refractivity contribution is 5.58. The molecule has 0 aliphatic carbocycles. The highest BCUT2D eigenvalue weighted by Crippen LogP contribution is 2.17. The standard InChI is InChI=1S/C6H3FN4O2/c7-4-1-5(11(12)13)6-9-8-3-10(6)2-4/h1-3H. The van der Waals surface area contributed by atoms with Gasteiger partial charge in [0.2, 0.25) is 5.65 Å². The lowest BCUT2D eigenvalue weighted by atomic mass is 10.4. The van der Waals surface area contributed by atoms with E-state index in [2.05, 4.69) is 10.2 Å². The topological polar surface area (TPSA) is 73.3 Å². The lowest BCUT2D eigenvalue weighted by molar-refractivity contribution is -0.383. The van der Waals surface area contributed by atoms with Gasteiger partial charge in [0.15, 0.2) is 0 Å². The molecule has 0 bridgehead atoms. The van der Waals surface area contributed by atoms with Crippen molar-refractivity contribution in [2.24, 2.45) is 0 Å². The Morgan fingerprint density at radius 2 is 2.38 bits per heavy atom. The molecule has 0 N–H and O–H groups in total. The quantitative estimate of drug-likeness (QED) is 0.482. The first-order valence-electron chi connectivity index (χ1n) is 3.32. The number of nitro groups is 1. The van der Waals surface area contributed by atoms with E-state index in [0.29, 0.717) is 0 Å². The molecule has 2 rings (SSSR count). The van der Waals surface area contributed by atoms with Gasteiger partial charge in [0.1, 0.15) is 12.1 Å². The number of pyridine rings is 1. The third-order valence-corrected chi connectivity index (χ3v) is 1.54. The molecule has 0 aromatic carbocycles. The molecule has 0 spiro atoms. The molecule has 0 aliphatic heterocycles. The van der Waals surface area contributed by atoms with Crippen LogP contribution in [0.2, 0.25) is 0 Å². The zero-order valence-corrected chi connectivity index (χ0v) is 6.22. The van der Waals surface area contributed by atoms with Crippen molar-refractivity contribution in [3.05, 3.63) is 34.5 Å². The van der Waals surface area contributed by atoms with Gasteiger partial charge in [0, 0.05) is 6.20 Å². The predicted molar refractivity (Wildman–Crippen MR) is 39.6 cm³/mol. The molecule has 6 nitrogen and oxygen atoms in total. The minimum Gasteiger partial charge on any atom is -0.280 e. The number of nitrogens with zero attached hydrogens (tertiary/aromatic N) is 4. The number of rotatable bonds is 1. The highest BCUT2D eigenvalue weighted by atomic mass is 19.1. The molecule has 0 saturated heterocycles. The maximum atomic E-state index is 12.8. The summed E-state index contributed by atoms with van der Waals surface area (Å²) in [6.45, 7) is 0. The molecule has 2 aromatic rings. The van der Waals surface area contributed by atoms with Gasteiger partial charge in [-0.25, -0.2) is 4.39 Å². The largest absolute Gasteiger partial charge is 0.317 e. The minimum absolute atomic E-state index is 0.0337. The monoisotopic (exact) mass is 182 g/mol. The fourth-order valence-corrected chi connectivity index (χ4v) is 1.02. The first-order chi connectivity index (χ1) is 6.18. The van der Waals surface area contributed by atoms with E-state index in [1.807, 2.05) is 0 Å². The maximum Gasteiger partial charge on any atom is 0.317 e. The summed E-state index contributed by atoms with van der Waals surface area (Å²) in [6, 6.07) is 0.810. The Labute approximate surface area is 70.8 Å². The van der Waals surface area contributed by atoms with Gasteiger partial charge in [0.05, 0.1) is 11.0 Å². The van der Waals surface area contributed by atoms with E-state index in [1.165, 1.54) is 6.33 Å². The fraction of sp³-hybridized carbons (Fsp3) is 0. The lowest BCUT2D eigenvalue weighted by Crippen LogP contribution is -1.95. The Morgan fingerprint density at radius 1 is 1.62 bits per heavy atom. The van der Waals surface area contributed by atoms with Crippen LogP contribution in [0.25, 0.3) is 5.65 Å². The number of aromatic nitrogens is 3. The van der Waals surface area contributed by atoms with Crippen molar-refractivity contribution in [1.29, 1.82) is 0 Å². The molecule has 0 atom stereocenters. The van der Waals surface area contributed by atoms with E-state index < -0.39 is 16.4 Å². The van der Waals surface area contributed by atoms with Crippen LogP contribution in [-0.4, -0.2) is 19.5 Å². The van der Waals surface area contributed by atoms with Crippen LogP contribution in [0, 0.1) is 15.9 Å². The normalized spacial score (nSPS) is 10.5. The van der Waals surface area contributed by atoms with E-state index in [0.717, 1.165) is 16.7 Å². The second-order valence-corrected chi connectivity index (χ2v) is 2.36. The molecule has 7 heteroatoms. The average molecular weight is 182 g/mol. The van der Waals surface area contributed by atoms with Gasteiger partial charge in [0.25, 0.3) is 0 Å². The Balaban J connectivity index is 2.84. The van der Waals surface area contributed by atoms with E-state index in [4.69, 9.17) is 0 Å². The lowest BCUT2D eigenvalue weighted by Gasteiger charge is -1.94. The molecule has 2 heterocycles. The van der Waals surface area contributed by atoms with Crippen molar-refractivity contribution in [3.8, 4) is 0 Å². The first kappa shape index (κ1) is 7.59. The number of fused-ring (bicyclic) bond motifs is 1. The van der Waals surface area contributed by atoms with Crippen molar-refractivity contribution in [2.45, 2.75) is 0 Å². The summed E-state index contributed by atoms with van der Waals surface area (Å²) >= 11 is 0. The van der Waals surface area contributed by atoms with Crippen LogP contribution in [0.3, 0.4) is 0 Å². The molecule has 0 unspecified atom stereocenters. The van der Waals surface area contributed by atoms with E-state index in [-0.39, 0.29) is 5.65 Å². The molecular formula is C6H3FN4O2. The second-order valence-electron chi connectivity index (χ2n) is 2.36. The van der Waals surface area contributed by atoms with Crippen LogP contribution in [0.1, 0.15) is 0 Å². The predicted octanol–water partition coefficient (Wildman–Crippen LogP) is 0.777. The summed E-state index contributed by atoms with van der Waals surface area (Å²) in [5.74, 6) is -0.695. The van der Waals surface area contributed by atoms with Gasteiger partial charge >= 0.3 is 5.69 Å². The summed E-state index contributed by atoms with van der Waals surface area (Å²) in [4.78, 5) is 9.72. The van der Waals surface area contributed by atoms with E-state index >= 15 is 0 Å². The Morgan fingerprint density at radius 3 is 3.08 bits per heavy atom. The number of halogens is 1. The third-order valence-electron chi connectivity index (χ3n) is 1.54. The maximum absolute atomic E-state index is 12.8. The zero-order chi connectivity index (χ0) is 9.42. The zero-order valence-electron chi connectivity index (χ0n) is 6.22. The van der Waals surface area contributed by atoms with Crippen molar-refractivity contribution in [2.75, 3.05) is 0 Å². The summed E-state index contributed by atoms with van der Waals surface area (Å²) in [6.07, 6.45) is 2.27. The molecule has 0 aliphatic rings. The summed E-state index contributed by atoms with van der Waals surface area (Å²) in [5.41, 5.74) is -0.357. The Bertz CT molecular complexity index is 480. The van der Waals surface area contributed by atoms with Crippen LogP contribution < -0.4 is 0 Å². The third kappa shape index (κ3) is 1.10. The molecular weight excluding hydrogens is 179 g/mol. The van der Waals surface area contributed by atoms with Crippen molar-refractivity contribution in [1.82, 2.24) is 14.6 Å². The van der Waals surface area contributed by atoms with E-state index in [1.54, 1.807) is 0 Å². The van der Waals surface area contributed by atoms with Crippen LogP contribution in [0.4, 0.5) is 10.1 Å². The summed E-state index contributed by atoms with van der Waals surface area (Å²) in [7, 11) is 0. The van der Waals surface area contributed by atoms with Crippen LogP contribution in [0.5, 0.6) is 0 Å². The van der Waals surface area contributed by atoms with Gasteiger partial charge in [-0.1, -0.05) is 0 Å². The minimum atomic E-state index is -0.701. The molecule has 66 valence electrons. The van der Waals surface area contributed by atoms with Gasteiger partial charge in [-0.3, -0.25) is 14.5 Å². The Hall–Kier alpha value is -2.05. The smallest absolute Gasteiger partial charge is 0.280 e. The van der Waals surface area contributed by atoms with Gasteiger partial charge in [-0.05, 0) is 0 Å². The highest BCUT2D eigenvalue weighted by Gasteiger charge is 2.15. The van der Waals surface area contributed by atoms with E-state index in [9.17, 15) is 14.5 Å². The average Bonchev–Trinajstić information content (AvgIpc) is 2.49. The fourth-order valence-electron chi connectivity index (χ4n) is 1.02. The Kier molecular flexibility index (Phi) is 1.44. The second kappa shape index (κ2) is 2.47. The summed E-state index contributed by atoms with van der Waals surface area (Å²) < 4.78 is 13.9. The van der Waals surface area contributed by atoms with Gasteiger partial charge in [-0.2, -0.15) is 0 Å². The van der Waals surface area contributed by atoms with Crippen molar-refractivity contribution >= 4 is 11.3 Å². The first-order valence-corrected chi connectivity index (χ1v) is 3.32. The number of hydrogen-bond donors (Lipinski definition) is 0. The molecule has 0 amide bonds. The SMILES string of the molecule is O=[N+]([O-])c1cc(F)cn2cnnc12. The van der Waals surface area contributed by atoms with Crippen LogP contribution in [-0.2, 0) is 0 Å². The molecule has 0 fully saturated rings.